The summed E-state index contributed by atoms with van der Waals surface area (Å²) in [5.74, 6) is 1.56. The van der Waals surface area contributed by atoms with Crippen LogP contribution in [0.1, 0.15) is 49.1 Å². The normalized spacial score (nSPS) is 14.4. The molecule has 0 unspecified atom stereocenters. The second-order valence-corrected chi connectivity index (χ2v) is 8.66. The number of primary amides is 1. The fourth-order valence-electron chi connectivity index (χ4n) is 4.77. The highest BCUT2D eigenvalue weighted by molar-refractivity contribution is 5.80. The molecule has 0 saturated heterocycles. The monoisotopic (exact) mass is 440 g/mol. The van der Waals surface area contributed by atoms with Crippen LogP contribution in [0.25, 0.3) is 28.2 Å². The number of nitrogens with zero attached hydrogens (tertiary/aromatic N) is 3. The van der Waals surface area contributed by atoms with Crippen LogP contribution in [-0.2, 0) is 11.2 Å². The lowest BCUT2D eigenvalue weighted by molar-refractivity contribution is 0.158. The van der Waals surface area contributed by atoms with Gasteiger partial charge in [0.25, 0.3) is 0 Å². The molecule has 0 aliphatic heterocycles. The Morgan fingerprint density at radius 1 is 1.00 bits per heavy atom. The van der Waals surface area contributed by atoms with E-state index in [2.05, 4.69) is 45.9 Å². The van der Waals surface area contributed by atoms with Gasteiger partial charge in [0.2, 0.25) is 0 Å². The number of carbonyl (C=O) groups excluding carboxylic acids is 1. The second-order valence-electron chi connectivity index (χ2n) is 8.66. The Balaban J connectivity index is 1.47. The van der Waals surface area contributed by atoms with Crippen LogP contribution in [0.15, 0.2) is 66.9 Å². The zero-order valence-corrected chi connectivity index (χ0v) is 18.6. The smallest absolute Gasteiger partial charge is 0.404 e. The summed E-state index contributed by atoms with van der Waals surface area (Å²) in [6.07, 6.45) is 8.27. The zero-order valence-electron chi connectivity index (χ0n) is 18.6. The fraction of sp³-hybridized carbons (Fsp3) is 0.296. The van der Waals surface area contributed by atoms with E-state index in [9.17, 15) is 4.79 Å². The Morgan fingerprint density at radius 3 is 2.48 bits per heavy atom. The summed E-state index contributed by atoms with van der Waals surface area (Å²) in [6, 6.07) is 21.0. The van der Waals surface area contributed by atoms with E-state index >= 15 is 0 Å². The van der Waals surface area contributed by atoms with Crippen molar-refractivity contribution in [1.29, 1.82) is 0 Å². The second kappa shape index (κ2) is 9.45. The molecule has 2 heterocycles. The van der Waals surface area contributed by atoms with Crippen molar-refractivity contribution in [1.82, 2.24) is 14.5 Å². The lowest BCUT2D eigenvalue weighted by Crippen LogP contribution is -2.14. The quantitative estimate of drug-likeness (QED) is 0.412. The predicted molar refractivity (Wildman–Crippen MR) is 129 cm³/mol. The Kier molecular flexibility index (Phi) is 6.07. The first-order chi connectivity index (χ1) is 16.2. The Morgan fingerprint density at radius 2 is 1.76 bits per heavy atom. The van der Waals surface area contributed by atoms with E-state index in [0.717, 1.165) is 33.8 Å². The first-order valence-corrected chi connectivity index (χ1v) is 11.6. The molecule has 1 amide bonds. The first-order valence-electron chi connectivity index (χ1n) is 11.6. The number of pyridine rings is 1. The molecule has 0 spiro atoms. The number of rotatable bonds is 6. The van der Waals surface area contributed by atoms with Crippen molar-refractivity contribution in [2.45, 2.75) is 44.4 Å². The summed E-state index contributed by atoms with van der Waals surface area (Å²) in [4.78, 5) is 20.3. The molecule has 168 valence electrons. The van der Waals surface area contributed by atoms with E-state index < -0.39 is 6.09 Å². The van der Waals surface area contributed by atoms with Crippen LogP contribution in [0.3, 0.4) is 0 Å². The lowest BCUT2D eigenvalue weighted by Gasteiger charge is -2.22. The summed E-state index contributed by atoms with van der Waals surface area (Å²) in [5.41, 5.74) is 11.3. The topological polar surface area (TPSA) is 83.0 Å². The maximum atomic E-state index is 10.8. The molecule has 0 atom stereocenters. The predicted octanol–water partition coefficient (Wildman–Crippen LogP) is 5.77. The SMILES string of the molecule is NC(=O)OCCc1ccc(-n2c(-c3ccc(C4CCCCC4)cc3)nc3cccnc32)cc1. The highest BCUT2D eigenvalue weighted by atomic mass is 16.5. The number of imidazole rings is 1. The highest BCUT2D eigenvalue weighted by Gasteiger charge is 2.18. The van der Waals surface area contributed by atoms with Crippen molar-refractivity contribution in [2.75, 3.05) is 6.61 Å². The molecule has 1 aliphatic carbocycles. The largest absolute Gasteiger partial charge is 0.449 e. The van der Waals surface area contributed by atoms with Crippen molar-refractivity contribution in [3.8, 4) is 17.1 Å². The van der Waals surface area contributed by atoms with Gasteiger partial charge in [-0.05, 0) is 54.2 Å². The summed E-state index contributed by atoms with van der Waals surface area (Å²) in [6.45, 7) is 0.267. The van der Waals surface area contributed by atoms with Gasteiger partial charge in [0.15, 0.2) is 5.65 Å². The van der Waals surface area contributed by atoms with Crippen molar-refractivity contribution >= 4 is 17.3 Å². The van der Waals surface area contributed by atoms with Gasteiger partial charge in [0.05, 0.1) is 6.61 Å². The van der Waals surface area contributed by atoms with Gasteiger partial charge in [0.1, 0.15) is 11.3 Å². The lowest BCUT2D eigenvalue weighted by atomic mass is 9.84. The third-order valence-electron chi connectivity index (χ3n) is 6.49. The number of carbonyl (C=O) groups is 1. The molecule has 1 aliphatic rings. The average Bonchev–Trinajstić information content (AvgIpc) is 3.25. The van der Waals surface area contributed by atoms with E-state index in [1.165, 1.54) is 37.7 Å². The van der Waals surface area contributed by atoms with Gasteiger partial charge in [0, 0.05) is 23.9 Å². The summed E-state index contributed by atoms with van der Waals surface area (Å²) >= 11 is 0. The minimum atomic E-state index is -0.748. The Labute approximate surface area is 193 Å². The molecular formula is C27H28N4O2. The number of hydrogen-bond acceptors (Lipinski definition) is 4. The third kappa shape index (κ3) is 4.60. The molecule has 0 radical (unpaired) electrons. The van der Waals surface area contributed by atoms with Crippen molar-refractivity contribution in [3.05, 3.63) is 78.0 Å². The van der Waals surface area contributed by atoms with Gasteiger partial charge in [-0.1, -0.05) is 55.7 Å². The molecule has 0 bridgehead atoms. The van der Waals surface area contributed by atoms with Crippen LogP contribution in [0.5, 0.6) is 0 Å². The molecule has 4 aromatic rings. The Hall–Kier alpha value is -3.67. The van der Waals surface area contributed by atoms with Gasteiger partial charge < -0.3 is 10.5 Å². The van der Waals surface area contributed by atoms with Gasteiger partial charge in [-0.3, -0.25) is 4.57 Å². The first kappa shape index (κ1) is 21.2. The summed E-state index contributed by atoms with van der Waals surface area (Å²) < 4.78 is 6.96. The number of aromatic nitrogens is 3. The van der Waals surface area contributed by atoms with Crippen LogP contribution in [0, 0.1) is 0 Å². The van der Waals surface area contributed by atoms with Crippen LogP contribution >= 0.6 is 0 Å². The van der Waals surface area contributed by atoms with E-state index in [1.54, 1.807) is 6.20 Å². The van der Waals surface area contributed by atoms with Gasteiger partial charge >= 0.3 is 6.09 Å². The minimum Gasteiger partial charge on any atom is -0.449 e. The maximum Gasteiger partial charge on any atom is 0.404 e. The van der Waals surface area contributed by atoms with Crippen LogP contribution in [0.2, 0.25) is 0 Å². The molecule has 2 aromatic heterocycles. The van der Waals surface area contributed by atoms with Crippen molar-refractivity contribution < 1.29 is 9.53 Å². The number of fused-ring (bicyclic) bond motifs is 1. The number of ether oxygens (including phenoxy) is 1. The maximum absolute atomic E-state index is 10.8. The van der Waals surface area contributed by atoms with Crippen molar-refractivity contribution in [2.24, 2.45) is 5.73 Å². The molecule has 33 heavy (non-hydrogen) atoms. The molecule has 2 aromatic carbocycles. The Bertz CT molecular complexity index is 1240. The number of benzene rings is 2. The standard InChI is InChI=1S/C27H28N4O2/c28-27(32)33-18-16-19-8-14-23(15-9-19)31-25(30-24-7-4-17-29-26(24)31)22-12-10-21(11-13-22)20-5-2-1-3-6-20/h4,7-15,17,20H,1-3,5-6,16,18H2,(H2,28,32). The molecule has 1 fully saturated rings. The molecule has 1 saturated carbocycles. The molecule has 6 heteroatoms. The number of nitrogens with two attached hydrogens (primary N) is 1. The van der Waals surface area contributed by atoms with E-state index in [1.807, 2.05) is 24.3 Å². The summed E-state index contributed by atoms with van der Waals surface area (Å²) in [5, 5.41) is 0. The summed E-state index contributed by atoms with van der Waals surface area (Å²) in [7, 11) is 0. The van der Waals surface area contributed by atoms with Gasteiger partial charge in [-0.2, -0.15) is 0 Å². The van der Waals surface area contributed by atoms with Crippen LogP contribution in [-0.4, -0.2) is 27.2 Å². The molecule has 5 rings (SSSR count). The molecule has 2 N–H and O–H groups in total. The number of hydrogen-bond donors (Lipinski definition) is 1. The van der Waals surface area contributed by atoms with Crippen molar-refractivity contribution in [3.63, 3.8) is 0 Å². The van der Waals surface area contributed by atoms with Gasteiger partial charge in [-0.15, -0.1) is 0 Å². The highest BCUT2D eigenvalue weighted by Crippen LogP contribution is 2.34. The van der Waals surface area contributed by atoms with E-state index in [4.69, 9.17) is 15.5 Å². The molecular weight excluding hydrogens is 412 g/mol. The zero-order chi connectivity index (χ0) is 22.6. The van der Waals surface area contributed by atoms with Gasteiger partial charge in [-0.25, -0.2) is 14.8 Å². The third-order valence-corrected chi connectivity index (χ3v) is 6.49. The molecule has 6 nitrogen and oxygen atoms in total. The van der Waals surface area contributed by atoms with E-state index in [0.29, 0.717) is 12.3 Å². The van der Waals surface area contributed by atoms with Crippen LogP contribution in [0.4, 0.5) is 4.79 Å². The average molecular weight is 441 g/mol. The van der Waals surface area contributed by atoms with Crippen LogP contribution < -0.4 is 5.73 Å². The minimum absolute atomic E-state index is 0.267. The number of amides is 1. The fourth-order valence-corrected chi connectivity index (χ4v) is 4.77. The van der Waals surface area contributed by atoms with E-state index in [-0.39, 0.29) is 6.61 Å².